The van der Waals surface area contributed by atoms with Gasteiger partial charge in [-0.15, -0.1) is 0 Å². The Morgan fingerprint density at radius 3 is 2.68 bits per heavy atom. The van der Waals surface area contributed by atoms with Crippen molar-refractivity contribution in [2.24, 2.45) is 5.92 Å². The number of hydrogen-bond donors (Lipinski definition) is 0. The van der Waals surface area contributed by atoms with Crippen LogP contribution in [0.4, 0.5) is 5.69 Å². The third-order valence-corrected chi connectivity index (χ3v) is 2.76. The number of carbonyl (C=O) groups is 1. The zero-order valence-corrected chi connectivity index (χ0v) is 11.1. The standard InChI is InChI=1S/C13H15N3O3/c1-9(7-14)8-15(3)13(17)11-4-5-12(16(18)19)10(2)6-11/h4-6,9H,8H2,1-3H3. The molecule has 0 N–H and O–H groups in total. The maximum Gasteiger partial charge on any atom is 0.272 e. The normalized spacial score (nSPS) is 11.5. The molecule has 1 aromatic rings. The Balaban J connectivity index is 2.92. The average Bonchev–Trinajstić information content (AvgIpc) is 2.36. The van der Waals surface area contributed by atoms with Crippen LogP contribution < -0.4 is 0 Å². The van der Waals surface area contributed by atoms with Crippen LogP contribution in [0.25, 0.3) is 0 Å². The molecule has 0 bridgehead atoms. The predicted molar refractivity (Wildman–Crippen MR) is 69.6 cm³/mol. The van der Waals surface area contributed by atoms with Crippen LogP contribution in [0.15, 0.2) is 18.2 Å². The summed E-state index contributed by atoms with van der Waals surface area (Å²) in [7, 11) is 1.60. The maximum atomic E-state index is 12.1. The number of nitriles is 1. The van der Waals surface area contributed by atoms with Gasteiger partial charge in [0.2, 0.25) is 0 Å². The number of amides is 1. The lowest BCUT2D eigenvalue weighted by Crippen LogP contribution is -2.30. The first-order valence-electron chi connectivity index (χ1n) is 5.77. The van der Waals surface area contributed by atoms with Crippen molar-refractivity contribution in [2.75, 3.05) is 13.6 Å². The second-order valence-electron chi connectivity index (χ2n) is 4.47. The molecule has 0 aromatic heterocycles. The highest BCUT2D eigenvalue weighted by molar-refractivity contribution is 5.94. The van der Waals surface area contributed by atoms with Crippen LogP contribution in [0.5, 0.6) is 0 Å². The van der Waals surface area contributed by atoms with Gasteiger partial charge in [0.05, 0.1) is 16.9 Å². The molecule has 0 aliphatic heterocycles. The summed E-state index contributed by atoms with van der Waals surface area (Å²) in [6.07, 6.45) is 0. The van der Waals surface area contributed by atoms with E-state index >= 15 is 0 Å². The van der Waals surface area contributed by atoms with Crippen molar-refractivity contribution in [3.05, 3.63) is 39.4 Å². The van der Waals surface area contributed by atoms with Crippen LogP contribution in [-0.4, -0.2) is 29.3 Å². The number of nitro benzene ring substituents is 1. The van der Waals surface area contributed by atoms with E-state index in [4.69, 9.17) is 5.26 Å². The molecule has 100 valence electrons. The van der Waals surface area contributed by atoms with Crippen LogP contribution in [0.2, 0.25) is 0 Å². The van der Waals surface area contributed by atoms with Crippen LogP contribution >= 0.6 is 0 Å². The molecule has 6 heteroatoms. The predicted octanol–water partition coefficient (Wildman–Crippen LogP) is 2.13. The largest absolute Gasteiger partial charge is 0.340 e. The maximum absolute atomic E-state index is 12.1. The molecule has 0 radical (unpaired) electrons. The second kappa shape index (κ2) is 5.96. The van der Waals surface area contributed by atoms with E-state index in [9.17, 15) is 14.9 Å². The second-order valence-corrected chi connectivity index (χ2v) is 4.47. The molecular formula is C13H15N3O3. The monoisotopic (exact) mass is 261 g/mol. The van der Waals surface area contributed by atoms with Gasteiger partial charge in [-0.25, -0.2) is 0 Å². The Labute approximate surface area is 111 Å². The summed E-state index contributed by atoms with van der Waals surface area (Å²) < 4.78 is 0. The van der Waals surface area contributed by atoms with Gasteiger partial charge in [0.25, 0.3) is 11.6 Å². The topological polar surface area (TPSA) is 87.2 Å². The zero-order chi connectivity index (χ0) is 14.6. The van der Waals surface area contributed by atoms with Crippen molar-refractivity contribution in [1.82, 2.24) is 4.90 Å². The number of carbonyl (C=O) groups excluding carboxylic acids is 1. The quantitative estimate of drug-likeness (QED) is 0.613. The van der Waals surface area contributed by atoms with E-state index in [-0.39, 0.29) is 17.5 Å². The fourth-order valence-corrected chi connectivity index (χ4v) is 1.75. The molecule has 19 heavy (non-hydrogen) atoms. The molecule has 0 spiro atoms. The van der Waals surface area contributed by atoms with Gasteiger partial charge in [0, 0.05) is 30.8 Å². The van der Waals surface area contributed by atoms with Crippen LogP contribution in [0.3, 0.4) is 0 Å². The highest BCUT2D eigenvalue weighted by Gasteiger charge is 2.17. The first kappa shape index (κ1) is 14.6. The highest BCUT2D eigenvalue weighted by atomic mass is 16.6. The van der Waals surface area contributed by atoms with Gasteiger partial charge < -0.3 is 4.90 Å². The van der Waals surface area contributed by atoms with Crippen LogP contribution in [0, 0.1) is 34.3 Å². The van der Waals surface area contributed by atoms with E-state index < -0.39 is 4.92 Å². The number of hydrogen-bond acceptors (Lipinski definition) is 4. The Kier molecular flexibility index (Phi) is 4.59. The summed E-state index contributed by atoms with van der Waals surface area (Å²) in [6, 6.07) is 6.30. The molecule has 1 atom stereocenters. The Bertz CT molecular complexity index is 549. The van der Waals surface area contributed by atoms with Gasteiger partial charge >= 0.3 is 0 Å². The summed E-state index contributed by atoms with van der Waals surface area (Å²) in [5.74, 6) is -0.506. The van der Waals surface area contributed by atoms with Crippen LogP contribution in [-0.2, 0) is 0 Å². The average molecular weight is 261 g/mol. The number of aryl methyl sites for hydroxylation is 1. The van der Waals surface area contributed by atoms with Gasteiger partial charge in [0.1, 0.15) is 0 Å². The number of benzene rings is 1. The van der Waals surface area contributed by atoms with Gasteiger partial charge in [0.15, 0.2) is 0 Å². The van der Waals surface area contributed by atoms with E-state index in [1.165, 1.54) is 23.1 Å². The minimum absolute atomic E-state index is 0.00963. The fraction of sp³-hybridized carbons (Fsp3) is 0.385. The molecule has 1 amide bonds. The number of nitro groups is 1. The highest BCUT2D eigenvalue weighted by Crippen LogP contribution is 2.19. The molecule has 1 rings (SSSR count). The van der Waals surface area contributed by atoms with Crippen molar-refractivity contribution < 1.29 is 9.72 Å². The minimum Gasteiger partial charge on any atom is -0.340 e. The summed E-state index contributed by atoms with van der Waals surface area (Å²) >= 11 is 0. The van der Waals surface area contributed by atoms with Gasteiger partial charge in [-0.2, -0.15) is 5.26 Å². The third-order valence-electron chi connectivity index (χ3n) is 2.76. The van der Waals surface area contributed by atoms with Crippen molar-refractivity contribution >= 4 is 11.6 Å². The zero-order valence-electron chi connectivity index (χ0n) is 11.1. The molecule has 0 fully saturated rings. The first-order chi connectivity index (χ1) is 8.86. The van der Waals surface area contributed by atoms with Gasteiger partial charge in [-0.3, -0.25) is 14.9 Å². The molecule has 0 heterocycles. The number of rotatable bonds is 4. The van der Waals surface area contributed by atoms with Crippen molar-refractivity contribution in [3.63, 3.8) is 0 Å². The lowest BCUT2D eigenvalue weighted by atomic mass is 10.1. The summed E-state index contributed by atoms with van der Waals surface area (Å²) in [4.78, 5) is 23.7. The SMILES string of the molecule is Cc1cc(C(=O)N(C)CC(C)C#N)ccc1[N+](=O)[O-]. The minimum atomic E-state index is -0.481. The summed E-state index contributed by atoms with van der Waals surface area (Å²) in [6.45, 7) is 3.64. The first-order valence-corrected chi connectivity index (χ1v) is 5.77. The molecule has 0 aliphatic carbocycles. The van der Waals surface area contributed by atoms with Crippen molar-refractivity contribution in [3.8, 4) is 6.07 Å². The van der Waals surface area contributed by atoms with Gasteiger partial charge in [-0.1, -0.05) is 0 Å². The lowest BCUT2D eigenvalue weighted by Gasteiger charge is -2.18. The molecule has 1 aromatic carbocycles. The third kappa shape index (κ3) is 3.52. The Morgan fingerprint density at radius 1 is 1.58 bits per heavy atom. The van der Waals surface area contributed by atoms with Gasteiger partial charge in [-0.05, 0) is 26.0 Å². The molecular weight excluding hydrogens is 246 g/mol. The molecule has 1 unspecified atom stereocenters. The number of nitrogens with zero attached hydrogens (tertiary/aromatic N) is 3. The van der Waals surface area contributed by atoms with Crippen molar-refractivity contribution in [2.45, 2.75) is 13.8 Å². The van der Waals surface area contributed by atoms with Crippen LogP contribution in [0.1, 0.15) is 22.8 Å². The van der Waals surface area contributed by atoms with E-state index in [1.807, 2.05) is 0 Å². The Morgan fingerprint density at radius 2 is 2.21 bits per heavy atom. The summed E-state index contributed by atoms with van der Waals surface area (Å²) in [5.41, 5.74) is 0.818. The van der Waals surface area contributed by atoms with E-state index in [1.54, 1.807) is 20.9 Å². The summed E-state index contributed by atoms with van der Waals surface area (Å²) in [5, 5.41) is 19.4. The lowest BCUT2D eigenvalue weighted by molar-refractivity contribution is -0.385. The molecule has 0 saturated carbocycles. The fourth-order valence-electron chi connectivity index (χ4n) is 1.75. The molecule has 6 nitrogen and oxygen atoms in total. The van der Waals surface area contributed by atoms with Crippen molar-refractivity contribution in [1.29, 1.82) is 5.26 Å². The van der Waals surface area contributed by atoms with E-state index in [2.05, 4.69) is 6.07 Å². The Hall–Kier alpha value is -2.42. The van der Waals surface area contributed by atoms with E-state index in [0.29, 0.717) is 17.7 Å². The molecule has 0 aliphatic rings. The smallest absolute Gasteiger partial charge is 0.272 e. The van der Waals surface area contributed by atoms with E-state index in [0.717, 1.165) is 0 Å². The molecule has 0 saturated heterocycles.